The number of nitrogens with one attached hydrogen (secondary N) is 1. The Labute approximate surface area is 138 Å². The van der Waals surface area contributed by atoms with E-state index in [1.165, 1.54) is 25.7 Å². The molecule has 2 fully saturated rings. The highest BCUT2D eigenvalue weighted by Gasteiger charge is 2.32. The number of piperidine rings is 1. The summed E-state index contributed by atoms with van der Waals surface area (Å²) in [5, 5.41) is 2.64. The van der Waals surface area contributed by atoms with Crippen LogP contribution in [0.2, 0.25) is 0 Å². The van der Waals surface area contributed by atoms with Crippen molar-refractivity contribution in [2.24, 2.45) is 11.8 Å². The molecular formula is C16H21BrN2O3. The number of rotatable bonds is 3. The first-order chi connectivity index (χ1) is 10.6. The molecule has 1 N–H and O–H groups in total. The van der Waals surface area contributed by atoms with E-state index in [-0.39, 0.29) is 24.1 Å². The third-order valence-corrected chi connectivity index (χ3v) is 5.27. The van der Waals surface area contributed by atoms with Gasteiger partial charge in [0.05, 0.1) is 6.54 Å². The molecule has 22 heavy (non-hydrogen) atoms. The number of hydrogen-bond acceptors (Lipinski definition) is 3. The van der Waals surface area contributed by atoms with Crippen LogP contribution >= 0.6 is 15.9 Å². The molecule has 0 unspecified atom stereocenters. The van der Waals surface area contributed by atoms with Gasteiger partial charge in [-0.2, -0.15) is 0 Å². The van der Waals surface area contributed by atoms with Crippen LogP contribution in [0.1, 0.15) is 42.7 Å². The highest BCUT2D eigenvalue weighted by atomic mass is 79.9. The monoisotopic (exact) mass is 368 g/mol. The van der Waals surface area contributed by atoms with Gasteiger partial charge in [0.25, 0.3) is 5.91 Å². The van der Waals surface area contributed by atoms with Crippen LogP contribution in [-0.4, -0.2) is 36.3 Å². The van der Waals surface area contributed by atoms with Gasteiger partial charge >= 0.3 is 0 Å². The predicted octanol–water partition coefficient (Wildman–Crippen LogP) is 2.81. The van der Waals surface area contributed by atoms with Crippen LogP contribution in [0.25, 0.3) is 0 Å². The van der Waals surface area contributed by atoms with E-state index < -0.39 is 0 Å². The van der Waals surface area contributed by atoms with E-state index in [0.717, 1.165) is 25.4 Å². The molecule has 1 aromatic heterocycles. The molecule has 0 aromatic carbocycles. The molecule has 0 radical (unpaired) electrons. The Balaban J connectivity index is 1.48. The van der Waals surface area contributed by atoms with Gasteiger partial charge in [0.1, 0.15) is 0 Å². The lowest BCUT2D eigenvalue weighted by Gasteiger charge is -2.41. The summed E-state index contributed by atoms with van der Waals surface area (Å²) in [5.41, 5.74) is 0. The van der Waals surface area contributed by atoms with Crippen molar-refractivity contribution in [3.05, 3.63) is 22.6 Å². The van der Waals surface area contributed by atoms with Crippen molar-refractivity contribution >= 4 is 27.7 Å². The molecule has 2 atom stereocenters. The summed E-state index contributed by atoms with van der Waals surface area (Å²) in [5.74, 6) is 1.32. The smallest absolute Gasteiger partial charge is 0.287 e. The SMILES string of the molecule is O=C(NCC(=O)N1CC[C@@H]2CCCC[C@H]2C1)c1ccc(Br)o1. The zero-order chi connectivity index (χ0) is 15.5. The number of nitrogens with zero attached hydrogens (tertiary/aromatic N) is 1. The first kappa shape index (κ1) is 15.6. The molecule has 120 valence electrons. The van der Waals surface area contributed by atoms with Crippen molar-refractivity contribution in [2.45, 2.75) is 32.1 Å². The average molecular weight is 369 g/mol. The summed E-state index contributed by atoms with van der Waals surface area (Å²) in [6.07, 6.45) is 6.28. The number of carbonyl (C=O) groups is 2. The molecule has 2 amide bonds. The molecule has 0 bridgehead atoms. The molecule has 5 nitrogen and oxygen atoms in total. The Hall–Kier alpha value is -1.30. The Morgan fingerprint density at radius 3 is 2.73 bits per heavy atom. The Morgan fingerprint density at radius 1 is 1.23 bits per heavy atom. The van der Waals surface area contributed by atoms with Crippen molar-refractivity contribution in [1.82, 2.24) is 10.2 Å². The highest BCUT2D eigenvalue weighted by molar-refractivity contribution is 9.10. The van der Waals surface area contributed by atoms with Crippen molar-refractivity contribution in [3.63, 3.8) is 0 Å². The molecule has 1 saturated heterocycles. The van der Waals surface area contributed by atoms with Gasteiger partial charge in [0.2, 0.25) is 5.91 Å². The van der Waals surface area contributed by atoms with Gasteiger partial charge in [-0.15, -0.1) is 0 Å². The van der Waals surface area contributed by atoms with Gasteiger partial charge in [-0.25, -0.2) is 0 Å². The average Bonchev–Trinajstić information content (AvgIpc) is 2.98. The fraction of sp³-hybridized carbons (Fsp3) is 0.625. The van der Waals surface area contributed by atoms with Crippen LogP contribution in [0.4, 0.5) is 0 Å². The van der Waals surface area contributed by atoms with E-state index >= 15 is 0 Å². The van der Waals surface area contributed by atoms with Crippen LogP contribution in [0.15, 0.2) is 21.2 Å². The van der Waals surface area contributed by atoms with Crippen LogP contribution in [0.5, 0.6) is 0 Å². The second-order valence-corrected chi connectivity index (χ2v) is 7.00. The molecule has 1 saturated carbocycles. The minimum absolute atomic E-state index is 0.00277. The van der Waals surface area contributed by atoms with Crippen LogP contribution in [0, 0.1) is 11.8 Å². The van der Waals surface area contributed by atoms with E-state index in [0.29, 0.717) is 10.6 Å². The summed E-state index contributed by atoms with van der Waals surface area (Å²) in [6, 6.07) is 3.24. The summed E-state index contributed by atoms with van der Waals surface area (Å²) in [4.78, 5) is 26.1. The van der Waals surface area contributed by atoms with Gasteiger partial charge in [0, 0.05) is 13.1 Å². The Bertz CT molecular complexity index is 557. The molecule has 1 aromatic rings. The summed E-state index contributed by atoms with van der Waals surface area (Å²) in [7, 11) is 0. The molecule has 2 aliphatic rings. The minimum Gasteiger partial charge on any atom is -0.444 e. The maximum atomic E-state index is 12.3. The van der Waals surface area contributed by atoms with Gasteiger partial charge in [-0.05, 0) is 52.7 Å². The fourth-order valence-corrected chi connectivity index (χ4v) is 3.93. The summed E-state index contributed by atoms with van der Waals surface area (Å²) in [6.45, 7) is 1.71. The zero-order valence-electron chi connectivity index (χ0n) is 12.5. The van der Waals surface area contributed by atoms with Gasteiger partial charge in [0.15, 0.2) is 10.4 Å². The maximum Gasteiger partial charge on any atom is 0.287 e. The van der Waals surface area contributed by atoms with Gasteiger partial charge in [-0.1, -0.05) is 19.3 Å². The highest BCUT2D eigenvalue weighted by Crippen LogP contribution is 2.35. The Morgan fingerprint density at radius 2 is 2.00 bits per heavy atom. The zero-order valence-corrected chi connectivity index (χ0v) is 14.1. The maximum absolute atomic E-state index is 12.3. The molecule has 3 rings (SSSR count). The molecule has 1 aliphatic carbocycles. The van der Waals surface area contributed by atoms with E-state index in [9.17, 15) is 9.59 Å². The summed E-state index contributed by atoms with van der Waals surface area (Å²) < 4.78 is 5.68. The fourth-order valence-electron chi connectivity index (χ4n) is 3.62. The third kappa shape index (κ3) is 3.54. The lowest BCUT2D eigenvalue weighted by molar-refractivity contribution is -0.133. The van der Waals surface area contributed by atoms with E-state index in [1.807, 2.05) is 4.90 Å². The number of likely N-dealkylation sites (tertiary alicyclic amines) is 1. The number of fused-ring (bicyclic) bond motifs is 1. The first-order valence-corrected chi connectivity index (χ1v) is 8.74. The largest absolute Gasteiger partial charge is 0.444 e. The Kier molecular flexibility index (Phi) is 4.86. The van der Waals surface area contributed by atoms with Crippen LogP contribution < -0.4 is 5.32 Å². The van der Waals surface area contributed by atoms with E-state index in [1.54, 1.807) is 12.1 Å². The quantitative estimate of drug-likeness (QED) is 0.891. The van der Waals surface area contributed by atoms with Gasteiger partial charge in [-0.3, -0.25) is 9.59 Å². The predicted molar refractivity (Wildman–Crippen MR) is 85.4 cm³/mol. The van der Waals surface area contributed by atoms with Crippen LogP contribution in [-0.2, 0) is 4.79 Å². The van der Waals surface area contributed by atoms with Gasteiger partial charge < -0.3 is 14.6 Å². The number of carbonyl (C=O) groups excluding carboxylic acids is 2. The van der Waals surface area contributed by atoms with Crippen LogP contribution in [0.3, 0.4) is 0 Å². The van der Waals surface area contributed by atoms with Crippen molar-refractivity contribution in [1.29, 1.82) is 0 Å². The molecule has 0 spiro atoms. The number of furan rings is 1. The molecule has 6 heteroatoms. The van der Waals surface area contributed by atoms with E-state index in [2.05, 4.69) is 21.2 Å². The van der Waals surface area contributed by atoms with Crippen molar-refractivity contribution < 1.29 is 14.0 Å². The molecule has 1 aliphatic heterocycles. The van der Waals surface area contributed by atoms with Crippen molar-refractivity contribution in [3.8, 4) is 0 Å². The topological polar surface area (TPSA) is 62.6 Å². The molecule has 2 heterocycles. The first-order valence-electron chi connectivity index (χ1n) is 7.95. The number of amides is 2. The normalized spacial score (nSPS) is 24.7. The van der Waals surface area contributed by atoms with Crippen molar-refractivity contribution in [2.75, 3.05) is 19.6 Å². The number of hydrogen-bond donors (Lipinski definition) is 1. The molecular weight excluding hydrogens is 348 g/mol. The second kappa shape index (κ2) is 6.86. The number of halogens is 1. The standard InChI is InChI=1S/C16H21BrN2O3/c17-14-6-5-13(22-14)16(21)18-9-15(20)19-8-7-11-3-1-2-4-12(11)10-19/h5-6,11-12H,1-4,7-10H2,(H,18,21)/t11-,12-/m0/s1. The lowest BCUT2D eigenvalue weighted by atomic mass is 9.75. The summed E-state index contributed by atoms with van der Waals surface area (Å²) >= 11 is 3.15. The van der Waals surface area contributed by atoms with E-state index in [4.69, 9.17) is 4.42 Å². The third-order valence-electron chi connectivity index (χ3n) is 4.84. The lowest BCUT2D eigenvalue weighted by Crippen LogP contribution is -2.48. The minimum atomic E-state index is -0.355. The second-order valence-electron chi connectivity index (χ2n) is 6.22.